The molecule has 1 aromatic heterocycles. The van der Waals surface area contributed by atoms with Crippen molar-refractivity contribution in [1.82, 2.24) is 0 Å². The largest absolute Gasteiger partial charge is 0.454 e. The van der Waals surface area contributed by atoms with Crippen molar-refractivity contribution < 1.29 is 4.74 Å². The van der Waals surface area contributed by atoms with Crippen molar-refractivity contribution >= 4 is 81.9 Å². The molecule has 0 fully saturated rings. The predicted molar refractivity (Wildman–Crippen MR) is 333 cm³/mol. The van der Waals surface area contributed by atoms with E-state index in [1.165, 1.54) is 118 Å². The number of hydrogen-bond donors (Lipinski definition) is 0. The van der Waals surface area contributed by atoms with Crippen LogP contribution in [-0.2, 0) is 10.8 Å². The number of hydrogen-bond acceptors (Lipinski definition) is 4. The van der Waals surface area contributed by atoms with Crippen LogP contribution >= 0.6 is 23.1 Å². The summed E-state index contributed by atoms with van der Waals surface area (Å²) in [5.41, 5.74) is 19.3. The molecule has 0 saturated carbocycles. The fourth-order valence-corrected chi connectivity index (χ4v) is 17.1. The highest BCUT2D eigenvalue weighted by molar-refractivity contribution is 7.99. The molecule has 2 spiro atoms. The average Bonchev–Trinajstić information content (AvgIpc) is 3.10. The summed E-state index contributed by atoms with van der Waals surface area (Å²) in [6.07, 6.45) is 0. The second-order valence-corrected chi connectivity index (χ2v) is 23.9. The van der Waals surface area contributed by atoms with E-state index in [1.54, 1.807) is 0 Å². The SMILES string of the molecule is c1ccc2c(c1)Oc1c(N(c3ccc4c(c3)C3(c5ccccc5S4)c4ccccc4-c4ccccc43)c3cc(-c4ccc5ccccc5c4)c4sc5cc6ccccc6cc5c4c3)cccc1C21c2ccccc2-c2ccccc21. The molecule has 0 unspecified atom stereocenters. The Hall–Kier alpha value is -9.45. The Morgan fingerprint density at radius 2 is 0.863 bits per heavy atom. The molecule has 3 heterocycles. The van der Waals surface area contributed by atoms with Gasteiger partial charge in [0.1, 0.15) is 5.75 Å². The average molecular weight is 1050 g/mol. The zero-order valence-electron chi connectivity index (χ0n) is 43.2. The van der Waals surface area contributed by atoms with Crippen LogP contribution in [0.3, 0.4) is 0 Å². The first-order chi connectivity index (χ1) is 39.6. The van der Waals surface area contributed by atoms with Crippen LogP contribution in [0.1, 0.15) is 44.5 Å². The fraction of sp³-hybridized carbons (Fsp3) is 0.0263. The lowest BCUT2D eigenvalue weighted by molar-refractivity contribution is 0.437. The summed E-state index contributed by atoms with van der Waals surface area (Å²) in [7, 11) is 0. The first-order valence-corrected chi connectivity index (χ1v) is 29.2. The van der Waals surface area contributed by atoms with Crippen molar-refractivity contribution in [3.05, 3.63) is 317 Å². The third kappa shape index (κ3) is 5.88. The number of anilines is 3. The molecule has 0 N–H and O–H groups in total. The zero-order valence-corrected chi connectivity index (χ0v) is 44.8. The summed E-state index contributed by atoms with van der Waals surface area (Å²) >= 11 is 3.78. The van der Waals surface area contributed by atoms with Gasteiger partial charge in [-0.05, 0) is 149 Å². The van der Waals surface area contributed by atoms with Gasteiger partial charge < -0.3 is 9.64 Å². The molecule has 0 radical (unpaired) electrons. The van der Waals surface area contributed by atoms with Crippen LogP contribution in [0, 0.1) is 0 Å². The Kier molecular flexibility index (Phi) is 9.21. The van der Waals surface area contributed by atoms with E-state index in [2.05, 4.69) is 278 Å². The van der Waals surface area contributed by atoms with E-state index >= 15 is 0 Å². The van der Waals surface area contributed by atoms with Gasteiger partial charge in [-0.3, -0.25) is 0 Å². The Morgan fingerprint density at radius 1 is 0.325 bits per heavy atom. The number of ether oxygens (including phenoxy) is 1. The standard InChI is InChI=1S/C76H45NOS2/c1-2-19-47-40-50(37-36-46(47)18-1)57-43-52(44-59-58-41-48-20-3-4-21-49(48)42-72(58)80-74(57)59)77(51-38-39-71-67(45-51)76(65-31-14-16-35-70(65)79-71)62-28-11-7-24-55(62)56-25-8-12-29-63(56)76)68-33-17-32-66-73(68)78-69-34-15-13-30-64(69)75(66)60-26-9-5-22-53(60)54-23-6-10-27-61(54)75/h1-45H. The third-order valence-electron chi connectivity index (χ3n) is 17.9. The monoisotopic (exact) mass is 1050 g/mol. The van der Waals surface area contributed by atoms with Crippen LogP contribution in [-0.4, -0.2) is 0 Å². The van der Waals surface area contributed by atoms with Gasteiger partial charge in [-0.15, -0.1) is 11.3 Å². The van der Waals surface area contributed by atoms with Gasteiger partial charge in [0, 0.05) is 58.0 Å². The summed E-state index contributed by atoms with van der Waals surface area (Å²) in [6, 6.07) is 103. The molecule has 0 bridgehead atoms. The molecule has 372 valence electrons. The molecule has 2 aliphatic carbocycles. The number of nitrogens with zero attached hydrogens (tertiary/aromatic N) is 1. The summed E-state index contributed by atoms with van der Waals surface area (Å²) < 4.78 is 10.1. The number of fused-ring (bicyclic) bond motifs is 23. The maximum Gasteiger partial charge on any atom is 0.156 e. The Bertz CT molecular complexity index is 4920. The smallest absolute Gasteiger partial charge is 0.156 e. The Morgan fingerprint density at radius 3 is 1.55 bits per heavy atom. The fourth-order valence-electron chi connectivity index (χ4n) is 14.7. The zero-order chi connectivity index (χ0) is 52.3. The van der Waals surface area contributed by atoms with Gasteiger partial charge in [0.2, 0.25) is 0 Å². The van der Waals surface area contributed by atoms with Gasteiger partial charge in [-0.2, -0.15) is 0 Å². The molecular formula is C76H45NOS2. The Balaban J connectivity index is 0.972. The minimum Gasteiger partial charge on any atom is -0.454 e. The number of rotatable bonds is 4. The molecule has 4 heteroatoms. The first kappa shape index (κ1) is 44.5. The summed E-state index contributed by atoms with van der Waals surface area (Å²) in [5.74, 6) is 1.70. The minimum atomic E-state index is -0.651. The van der Waals surface area contributed by atoms with Gasteiger partial charge in [0.25, 0.3) is 0 Å². The van der Waals surface area contributed by atoms with Gasteiger partial charge in [0.05, 0.1) is 16.5 Å². The van der Waals surface area contributed by atoms with E-state index in [-0.39, 0.29) is 0 Å². The highest BCUT2D eigenvalue weighted by Crippen LogP contribution is 2.66. The Labute approximate surface area is 471 Å². The molecule has 0 atom stereocenters. The number of para-hydroxylation sites is 2. The van der Waals surface area contributed by atoms with E-state index in [9.17, 15) is 0 Å². The summed E-state index contributed by atoms with van der Waals surface area (Å²) in [4.78, 5) is 5.07. The van der Waals surface area contributed by atoms with Gasteiger partial charge >= 0.3 is 0 Å². The van der Waals surface area contributed by atoms with E-state index in [4.69, 9.17) is 4.74 Å². The highest BCUT2D eigenvalue weighted by Gasteiger charge is 2.53. The maximum atomic E-state index is 7.60. The normalized spacial score (nSPS) is 14.2. The summed E-state index contributed by atoms with van der Waals surface area (Å²) in [5, 5.41) is 7.40. The molecule has 2 nitrogen and oxygen atoms in total. The first-order valence-electron chi connectivity index (χ1n) is 27.5. The molecule has 80 heavy (non-hydrogen) atoms. The lowest BCUT2D eigenvalue weighted by Gasteiger charge is -2.42. The molecule has 18 rings (SSSR count). The van der Waals surface area contributed by atoms with Crippen LogP contribution in [0.15, 0.2) is 283 Å². The van der Waals surface area contributed by atoms with Crippen molar-refractivity contribution in [2.45, 2.75) is 20.6 Å². The molecule has 2 aliphatic heterocycles. The summed E-state index contributed by atoms with van der Waals surface area (Å²) in [6.45, 7) is 0. The number of thiophene rings is 1. The quantitative estimate of drug-likeness (QED) is 0.174. The maximum absolute atomic E-state index is 7.60. The third-order valence-corrected chi connectivity index (χ3v) is 20.3. The van der Waals surface area contributed by atoms with Crippen LogP contribution in [0.2, 0.25) is 0 Å². The van der Waals surface area contributed by atoms with Crippen LogP contribution in [0.5, 0.6) is 11.5 Å². The van der Waals surface area contributed by atoms with Gasteiger partial charge in [-0.25, -0.2) is 0 Å². The van der Waals surface area contributed by atoms with Crippen LogP contribution in [0.4, 0.5) is 17.1 Å². The molecule has 13 aromatic carbocycles. The highest BCUT2D eigenvalue weighted by atomic mass is 32.2. The number of benzene rings is 13. The van der Waals surface area contributed by atoms with Crippen molar-refractivity contribution in [2.24, 2.45) is 0 Å². The molecule has 0 amide bonds. The van der Waals surface area contributed by atoms with E-state index in [1.807, 2.05) is 23.1 Å². The predicted octanol–water partition coefficient (Wildman–Crippen LogP) is 20.8. The second kappa shape index (κ2) is 16.5. The van der Waals surface area contributed by atoms with Crippen molar-refractivity contribution in [2.75, 3.05) is 4.90 Å². The van der Waals surface area contributed by atoms with E-state index in [0.29, 0.717) is 0 Å². The molecular weight excluding hydrogens is 1010 g/mol. The van der Waals surface area contributed by atoms with Crippen LogP contribution in [0.25, 0.3) is 75.1 Å². The molecule has 4 aliphatic rings. The molecule has 0 saturated heterocycles. The molecule has 14 aromatic rings. The van der Waals surface area contributed by atoms with E-state index < -0.39 is 10.8 Å². The van der Waals surface area contributed by atoms with Crippen LogP contribution < -0.4 is 9.64 Å². The minimum absolute atomic E-state index is 0.580. The van der Waals surface area contributed by atoms with Crippen molar-refractivity contribution in [3.8, 4) is 44.9 Å². The van der Waals surface area contributed by atoms with Crippen molar-refractivity contribution in [3.63, 3.8) is 0 Å². The van der Waals surface area contributed by atoms with Gasteiger partial charge in [-0.1, -0.05) is 218 Å². The lowest BCUT2D eigenvalue weighted by Crippen LogP contribution is -2.33. The second-order valence-electron chi connectivity index (χ2n) is 21.8. The van der Waals surface area contributed by atoms with E-state index in [0.717, 1.165) is 39.7 Å². The lowest BCUT2D eigenvalue weighted by atomic mass is 9.66. The van der Waals surface area contributed by atoms with Crippen molar-refractivity contribution in [1.29, 1.82) is 0 Å². The topological polar surface area (TPSA) is 12.5 Å². The van der Waals surface area contributed by atoms with Gasteiger partial charge in [0.15, 0.2) is 5.75 Å².